The van der Waals surface area contributed by atoms with Crippen LogP contribution < -0.4 is 4.74 Å². The Hall–Kier alpha value is -2.73. The van der Waals surface area contributed by atoms with Crippen molar-refractivity contribution in [3.63, 3.8) is 0 Å². The van der Waals surface area contributed by atoms with E-state index in [2.05, 4.69) is 59.7 Å². The van der Waals surface area contributed by atoms with Crippen LogP contribution in [0.2, 0.25) is 0 Å². The molecule has 3 nitrogen and oxygen atoms in total. The van der Waals surface area contributed by atoms with E-state index < -0.39 is 0 Å². The minimum absolute atomic E-state index is 0.0580. The van der Waals surface area contributed by atoms with Crippen molar-refractivity contribution in [3.05, 3.63) is 77.3 Å². The third-order valence-electron chi connectivity index (χ3n) is 4.08. The molecule has 1 aromatic heterocycles. The molecule has 0 N–H and O–H groups in total. The number of hydrogen-bond donors (Lipinski definition) is 0. The summed E-state index contributed by atoms with van der Waals surface area (Å²) < 4.78 is 7.99. The molecule has 0 aliphatic rings. The first kappa shape index (κ1) is 16.1. The first-order valence-corrected chi connectivity index (χ1v) is 8.30. The Labute approximate surface area is 143 Å². The molecule has 3 aromatic rings. The predicted octanol–water partition coefficient (Wildman–Crippen LogP) is 5.14. The van der Waals surface area contributed by atoms with Crippen molar-refractivity contribution in [3.8, 4) is 5.75 Å². The first-order valence-electron chi connectivity index (χ1n) is 8.30. The van der Waals surface area contributed by atoms with E-state index in [1.807, 2.05) is 18.2 Å². The van der Waals surface area contributed by atoms with Gasteiger partial charge in [0.25, 0.3) is 0 Å². The average molecular weight is 318 g/mol. The summed E-state index contributed by atoms with van der Waals surface area (Å²) in [7, 11) is 0. The van der Waals surface area contributed by atoms with Crippen molar-refractivity contribution in [1.82, 2.24) is 4.57 Å². The highest BCUT2D eigenvalue weighted by Crippen LogP contribution is 2.30. The minimum Gasteiger partial charge on any atom is -0.425 e. The summed E-state index contributed by atoms with van der Waals surface area (Å²) >= 11 is 0. The molecular weight excluding hydrogens is 296 g/mol. The quantitative estimate of drug-likeness (QED) is 0.575. The minimum atomic E-state index is 0.0580. The largest absolute Gasteiger partial charge is 0.425 e. The molecule has 0 saturated carbocycles. The zero-order valence-corrected chi connectivity index (χ0v) is 14.2. The van der Waals surface area contributed by atoms with Crippen molar-refractivity contribution < 1.29 is 4.74 Å². The fourth-order valence-corrected chi connectivity index (χ4v) is 3.08. The highest BCUT2D eigenvalue weighted by Gasteiger charge is 2.14. The second-order valence-corrected chi connectivity index (χ2v) is 6.43. The van der Waals surface area contributed by atoms with Crippen LogP contribution in [0.4, 0.5) is 0 Å². The maximum Gasteiger partial charge on any atom is 0.357 e. The van der Waals surface area contributed by atoms with Gasteiger partial charge in [0.2, 0.25) is 0 Å². The van der Waals surface area contributed by atoms with E-state index in [0.717, 1.165) is 29.6 Å². The van der Waals surface area contributed by atoms with E-state index in [9.17, 15) is 0 Å². The lowest BCUT2D eigenvalue weighted by molar-refractivity contribution is 0.365. The molecule has 0 aliphatic carbocycles. The number of fused-ring (bicyclic) bond motifs is 1. The summed E-state index contributed by atoms with van der Waals surface area (Å²) in [6, 6.07) is 18.8. The van der Waals surface area contributed by atoms with Crippen LogP contribution in [-0.4, -0.2) is 11.3 Å². The number of rotatable bonds is 6. The number of hydrogen-bond acceptors (Lipinski definition) is 1. The molecule has 0 radical (unpaired) electrons. The Morgan fingerprint density at radius 3 is 2.58 bits per heavy atom. The van der Waals surface area contributed by atoms with E-state index in [-0.39, 0.29) is 6.73 Å². The smallest absolute Gasteiger partial charge is 0.357 e. The molecule has 2 aromatic carbocycles. The molecule has 3 heteroatoms. The molecule has 122 valence electrons. The van der Waals surface area contributed by atoms with E-state index in [4.69, 9.17) is 11.3 Å². The highest BCUT2D eigenvalue weighted by atomic mass is 16.5. The Bertz CT molecular complexity index is 857. The van der Waals surface area contributed by atoms with Crippen LogP contribution in [0.15, 0.2) is 54.6 Å². The fourth-order valence-electron chi connectivity index (χ4n) is 3.08. The predicted molar refractivity (Wildman–Crippen MR) is 98.1 cm³/mol. The van der Waals surface area contributed by atoms with Crippen molar-refractivity contribution in [2.24, 2.45) is 5.92 Å². The van der Waals surface area contributed by atoms with Gasteiger partial charge in [-0.2, -0.15) is 0 Å². The fraction of sp³-hybridized carbons (Fsp3) is 0.286. The summed E-state index contributed by atoms with van der Waals surface area (Å²) in [5.41, 5.74) is 3.76. The van der Waals surface area contributed by atoms with Gasteiger partial charge in [0.1, 0.15) is 5.75 Å². The lowest BCUT2D eigenvalue weighted by atomic mass is 10.1. The molecule has 0 amide bonds. The van der Waals surface area contributed by atoms with Crippen LogP contribution >= 0.6 is 0 Å². The van der Waals surface area contributed by atoms with Crippen molar-refractivity contribution in [1.29, 1.82) is 0 Å². The van der Waals surface area contributed by atoms with Crippen LogP contribution in [0.25, 0.3) is 15.7 Å². The van der Waals surface area contributed by atoms with E-state index in [0.29, 0.717) is 5.92 Å². The van der Waals surface area contributed by atoms with E-state index >= 15 is 0 Å². The topological polar surface area (TPSA) is 18.5 Å². The molecule has 1 heterocycles. The SMILES string of the molecule is [C-]#[N+]COc1cccc2c1cc(CC(C)C)n2Cc1ccccc1. The van der Waals surface area contributed by atoms with Gasteiger partial charge in [0.05, 0.1) is 5.52 Å². The molecule has 0 fully saturated rings. The monoisotopic (exact) mass is 318 g/mol. The second-order valence-electron chi connectivity index (χ2n) is 6.43. The Morgan fingerprint density at radius 1 is 1.08 bits per heavy atom. The van der Waals surface area contributed by atoms with Crippen LogP contribution in [0.3, 0.4) is 0 Å². The molecular formula is C21H22N2O. The van der Waals surface area contributed by atoms with Crippen LogP contribution in [0.5, 0.6) is 5.75 Å². The number of aromatic nitrogens is 1. The van der Waals surface area contributed by atoms with Gasteiger partial charge in [-0.05, 0) is 36.1 Å². The standard InChI is InChI=1S/C21H22N2O/c1-16(2)12-18-13-19-20(10-7-11-21(19)24-15-22-3)23(18)14-17-8-5-4-6-9-17/h4-11,13,16H,12,14-15H2,1-2H3. The average Bonchev–Trinajstić information content (AvgIpc) is 2.91. The zero-order valence-electron chi connectivity index (χ0n) is 14.2. The normalized spacial score (nSPS) is 10.9. The van der Waals surface area contributed by atoms with Gasteiger partial charge in [-0.3, -0.25) is 4.85 Å². The third-order valence-corrected chi connectivity index (χ3v) is 4.08. The lowest BCUT2D eigenvalue weighted by Crippen LogP contribution is -2.06. The molecule has 3 rings (SSSR count). The number of nitrogens with zero attached hydrogens (tertiary/aromatic N) is 2. The molecule has 0 unspecified atom stereocenters. The Kier molecular flexibility index (Phi) is 4.86. The zero-order chi connectivity index (χ0) is 16.9. The van der Waals surface area contributed by atoms with Crippen LogP contribution in [0.1, 0.15) is 25.1 Å². The second kappa shape index (κ2) is 7.23. The molecule has 0 saturated heterocycles. The summed E-state index contributed by atoms with van der Waals surface area (Å²) in [6.45, 7) is 12.3. The summed E-state index contributed by atoms with van der Waals surface area (Å²) in [5, 5.41) is 1.09. The molecule has 0 aliphatic heterocycles. The van der Waals surface area contributed by atoms with Crippen LogP contribution in [0, 0.1) is 12.5 Å². The Morgan fingerprint density at radius 2 is 1.88 bits per heavy atom. The highest BCUT2D eigenvalue weighted by molar-refractivity contribution is 5.87. The van der Waals surface area contributed by atoms with Crippen LogP contribution in [-0.2, 0) is 13.0 Å². The van der Waals surface area contributed by atoms with Gasteiger partial charge in [-0.15, -0.1) is 0 Å². The van der Waals surface area contributed by atoms with Crippen molar-refractivity contribution in [2.45, 2.75) is 26.8 Å². The first-order chi connectivity index (χ1) is 11.7. The van der Waals surface area contributed by atoms with Crippen molar-refractivity contribution in [2.75, 3.05) is 6.73 Å². The van der Waals surface area contributed by atoms with Gasteiger partial charge in [-0.1, -0.05) is 50.2 Å². The van der Waals surface area contributed by atoms with Gasteiger partial charge in [-0.25, -0.2) is 6.57 Å². The summed E-state index contributed by atoms with van der Waals surface area (Å²) in [5.74, 6) is 1.37. The lowest BCUT2D eigenvalue weighted by Gasteiger charge is -2.13. The van der Waals surface area contributed by atoms with E-state index in [1.165, 1.54) is 11.3 Å². The Balaban J connectivity index is 2.08. The van der Waals surface area contributed by atoms with Gasteiger partial charge >= 0.3 is 6.73 Å². The number of benzene rings is 2. The van der Waals surface area contributed by atoms with Gasteiger partial charge in [0.15, 0.2) is 0 Å². The van der Waals surface area contributed by atoms with Gasteiger partial charge < -0.3 is 9.30 Å². The molecule has 0 atom stereocenters. The molecule has 0 bridgehead atoms. The third kappa shape index (κ3) is 3.44. The summed E-state index contributed by atoms with van der Waals surface area (Å²) in [6.07, 6.45) is 1.02. The summed E-state index contributed by atoms with van der Waals surface area (Å²) in [4.78, 5) is 3.30. The van der Waals surface area contributed by atoms with Crippen molar-refractivity contribution >= 4 is 10.9 Å². The van der Waals surface area contributed by atoms with Gasteiger partial charge in [0, 0.05) is 17.6 Å². The molecule has 0 spiro atoms. The number of ether oxygens (including phenoxy) is 1. The van der Waals surface area contributed by atoms with E-state index in [1.54, 1.807) is 0 Å². The molecule has 24 heavy (non-hydrogen) atoms. The maximum absolute atomic E-state index is 6.94. The maximum atomic E-state index is 6.94.